The molecule has 0 fully saturated rings. The number of fused-ring (bicyclic) bond motifs is 1. The van der Waals surface area contributed by atoms with Crippen LogP contribution >= 0.6 is 0 Å². The van der Waals surface area contributed by atoms with E-state index < -0.39 is 57.7 Å². The number of aromatic nitrogens is 2. The molecule has 12 heteroatoms. The van der Waals surface area contributed by atoms with Crippen LogP contribution in [0.5, 0.6) is 17.2 Å². The number of ether oxygens (including phenoxy) is 2. The van der Waals surface area contributed by atoms with Crippen LogP contribution in [0.1, 0.15) is 23.0 Å². The van der Waals surface area contributed by atoms with Crippen LogP contribution in [0.4, 0.5) is 26.3 Å². The van der Waals surface area contributed by atoms with Gasteiger partial charge in [-0.2, -0.15) is 17.6 Å². The molecule has 0 radical (unpaired) electrons. The lowest BCUT2D eigenvalue weighted by Crippen LogP contribution is -2.11. The first-order valence-electron chi connectivity index (χ1n) is 10.1. The van der Waals surface area contributed by atoms with E-state index >= 15 is 0 Å². The van der Waals surface area contributed by atoms with Crippen molar-refractivity contribution in [2.45, 2.75) is 13.1 Å². The Balaban J connectivity index is 1.99. The van der Waals surface area contributed by atoms with Gasteiger partial charge in [0.2, 0.25) is 11.6 Å². The van der Waals surface area contributed by atoms with Gasteiger partial charge in [-0.3, -0.25) is 14.6 Å². The first-order chi connectivity index (χ1) is 16.9. The van der Waals surface area contributed by atoms with Gasteiger partial charge < -0.3 is 14.5 Å². The number of H-pyrrole nitrogens is 1. The van der Waals surface area contributed by atoms with Gasteiger partial charge >= 0.3 is 6.18 Å². The summed E-state index contributed by atoms with van der Waals surface area (Å²) in [5.74, 6) is -6.85. The van der Waals surface area contributed by atoms with Gasteiger partial charge in [-0.05, 0) is 30.3 Å². The number of carbonyl (C=O) groups is 1. The molecule has 186 valence electrons. The van der Waals surface area contributed by atoms with Crippen molar-refractivity contribution in [3.05, 3.63) is 81.5 Å². The van der Waals surface area contributed by atoms with Crippen LogP contribution in [0.3, 0.4) is 0 Å². The van der Waals surface area contributed by atoms with Crippen LogP contribution in [-0.2, 0) is 6.18 Å². The third kappa shape index (κ3) is 4.37. The standard InChI is InChI=1S/C24H14F6N2O4/c1-10(33)22-20-15(5-6-31-22)32-16(9-17(20)34)11-7-14(26)12(24(28,29)30)8-19(11)36-18-4-3-13(25)21(27)23(18)35-2/h3-9H,1-2H3,(H,32,34). The van der Waals surface area contributed by atoms with E-state index in [0.29, 0.717) is 18.2 Å². The van der Waals surface area contributed by atoms with Crippen LogP contribution in [-0.4, -0.2) is 22.9 Å². The van der Waals surface area contributed by atoms with E-state index in [4.69, 9.17) is 9.47 Å². The number of aromatic amines is 1. The van der Waals surface area contributed by atoms with Gasteiger partial charge in [-0.1, -0.05) is 0 Å². The Labute approximate surface area is 198 Å². The normalized spacial score (nSPS) is 11.6. The maximum atomic E-state index is 14.5. The van der Waals surface area contributed by atoms with Crippen molar-refractivity contribution < 1.29 is 40.6 Å². The summed E-state index contributed by atoms with van der Waals surface area (Å²) in [5, 5.41) is -0.0779. The van der Waals surface area contributed by atoms with Gasteiger partial charge in [0.25, 0.3) is 0 Å². The van der Waals surface area contributed by atoms with E-state index in [1.54, 1.807) is 0 Å². The minimum absolute atomic E-state index is 0.0779. The van der Waals surface area contributed by atoms with Gasteiger partial charge in [0, 0.05) is 24.8 Å². The summed E-state index contributed by atoms with van der Waals surface area (Å²) in [6, 6.07) is 4.64. The van der Waals surface area contributed by atoms with Crippen molar-refractivity contribution in [2.24, 2.45) is 0 Å². The number of methoxy groups -OCH3 is 1. The molecule has 0 aliphatic heterocycles. The minimum Gasteiger partial charge on any atom is -0.490 e. The van der Waals surface area contributed by atoms with Crippen molar-refractivity contribution in [1.29, 1.82) is 0 Å². The number of Topliss-reactive ketones (excluding diaryl/α,β-unsaturated/α-hetero) is 1. The highest BCUT2D eigenvalue weighted by atomic mass is 19.4. The van der Waals surface area contributed by atoms with E-state index in [0.717, 1.165) is 19.2 Å². The van der Waals surface area contributed by atoms with Gasteiger partial charge in [0.05, 0.1) is 29.3 Å². The molecule has 0 bridgehead atoms. The Hall–Kier alpha value is -4.35. The molecule has 0 saturated carbocycles. The molecular formula is C24H14F6N2O4. The van der Waals surface area contributed by atoms with Crippen LogP contribution in [0, 0.1) is 17.5 Å². The number of nitrogens with zero attached hydrogens (tertiary/aromatic N) is 1. The number of alkyl halides is 3. The maximum Gasteiger partial charge on any atom is 0.419 e. The maximum absolute atomic E-state index is 14.5. The molecule has 2 aromatic carbocycles. The van der Waals surface area contributed by atoms with Crippen molar-refractivity contribution in [3.63, 3.8) is 0 Å². The molecule has 0 spiro atoms. The summed E-state index contributed by atoms with van der Waals surface area (Å²) in [6.45, 7) is 1.20. The van der Waals surface area contributed by atoms with Gasteiger partial charge in [0.15, 0.2) is 22.8 Å². The first-order valence-corrected chi connectivity index (χ1v) is 10.1. The molecule has 1 N–H and O–H groups in total. The third-order valence-corrected chi connectivity index (χ3v) is 5.18. The number of rotatable bonds is 5. The van der Waals surface area contributed by atoms with Gasteiger partial charge in [-0.15, -0.1) is 0 Å². The Kier molecular flexibility index (Phi) is 6.21. The van der Waals surface area contributed by atoms with E-state index in [1.807, 2.05) is 0 Å². The highest BCUT2D eigenvalue weighted by molar-refractivity contribution is 6.04. The second-order valence-electron chi connectivity index (χ2n) is 7.51. The van der Waals surface area contributed by atoms with Crippen molar-refractivity contribution >= 4 is 16.7 Å². The Morgan fingerprint density at radius 2 is 1.72 bits per heavy atom. The number of pyridine rings is 2. The number of carbonyl (C=O) groups excluding carboxylic acids is 1. The highest BCUT2D eigenvalue weighted by Crippen LogP contribution is 2.43. The van der Waals surface area contributed by atoms with Gasteiger partial charge in [-0.25, -0.2) is 8.78 Å². The first kappa shape index (κ1) is 24.8. The average molecular weight is 508 g/mol. The van der Waals surface area contributed by atoms with E-state index in [2.05, 4.69) is 9.97 Å². The molecule has 2 heterocycles. The molecule has 0 aliphatic rings. The summed E-state index contributed by atoms with van der Waals surface area (Å²) < 4.78 is 92.8. The molecular weight excluding hydrogens is 494 g/mol. The Morgan fingerprint density at radius 1 is 1.00 bits per heavy atom. The summed E-state index contributed by atoms with van der Waals surface area (Å²) >= 11 is 0. The monoisotopic (exact) mass is 508 g/mol. The second-order valence-corrected chi connectivity index (χ2v) is 7.51. The topological polar surface area (TPSA) is 81.3 Å². The fraction of sp³-hybridized carbons (Fsp3) is 0.125. The zero-order valence-corrected chi connectivity index (χ0v) is 18.4. The van der Waals surface area contributed by atoms with E-state index in [9.17, 15) is 35.9 Å². The number of halogens is 6. The van der Waals surface area contributed by atoms with Crippen molar-refractivity contribution in [2.75, 3.05) is 7.11 Å². The lowest BCUT2D eigenvalue weighted by atomic mass is 10.0. The minimum atomic E-state index is -5.13. The van der Waals surface area contributed by atoms with E-state index in [-0.39, 0.29) is 27.9 Å². The Bertz CT molecular complexity index is 1580. The van der Waals surface area contributed by atoms with Crippen LogP contribution in [0.2, 0.25) is 0 Å². The van der Waals surface area contributed by atoms with Crippen LogP contribution in [0.25, 0.3) is 22.2 Å². The summed E-state index contributed by atoms with van der Waals surface area (Å²) in [6.07, 6.45) is -3.90. The molecule has 0 amide bonds. The fourth-order valence-corrected chi connectivity index (χ4v) is 3.58. The third-order valence-electron chi connectivity index (χ3n) is 5.18. The lowest BCUT2D eigenvalue weighted by Gasteiger charge is -2.17. The van der Waals surface area contributed by atoms with E-state index in [1.165, 1.54) is 19.2 Å². The molecule has 36 heavy (non-hydrogen) atoms. The Morgan fingerprint density at radius 3 is 2.36 bits per heavy atom. The highest BCUT2D eigenvalue weighted by Gasteiger charge is 2.36. The number of benzene rings is 2. The number of hydrogen-bond acceptors (Lipinski definition) is 5. The lowest BCUT2D eigenvalue weighted by molar-refractivity contribution is -0.140. The molecule has 4 rings (SSSR count). The molecule has 6 nitrogen and oxygen atoms in total. The zero-order valence-electron chi connectivity index (χ0n) is 18.4. The summed E-state index contributed by atoms with van der Waals surface area (Å²) in [7, 11) is 0.985. The largest absolute Gasteiger partial charge is 0.490 e. The zero-order chi connectivity index (χ0) is 26.4. The predicted molar refractivity (Wildman–Crippen MR) is 116 cm³/mol. The van der Waals surface area contributed by atoms with Gasteiger partial charge in [0.1, 0.15) is 17.3 Å². The smallest absolute Gasteiger partial charge is 0.419 e. The average Bonchev–Trinajstić information content (AvgIpc) is 2.81. The molecule has 0 saturated heterocycles. The summed E-state index contributed by atoms with van der Waals surface area (Å²) in [5.41, 5.74) is -3.01. The molecule has 4 aromatic rings. The quantitative estimate of drug-likeness (QED) is 0.263. The second kappa shape index (κ2) is 9.02. The molecule has 0 unspecified atom stereocenters. The van der Waals surface area contributed by atoms with Crippen molar-refractivity contribution in [1.82, 2.24) is 9.97 Å². The van der Waals surface area contributed by atoms with Crippen molar-refractivity contribution in [3.8, 4) is 28.5 Å². The predicted octanol–water partition coefficient (Wildman–Crippen LogP) is 6.03. The molecule has 0 atom stereocenters. The fourth-order valence-electron chi connectivity index (χ4n) is 3.58. The summed E-state index contributed by atoms with van der Waals surface area (Å²) in [4.78, 5) is 31.3. The molecule has 2 aromatic heterocycles. The molecule has 0 aliphatic carbocycles. The van der Waals surface area contributed by atoms with Crippen LogP contribution in [0.15, 0.2) is 47.4 Å². The number of hydrogen-bond donors (Lipinski definition) is 1. The van der Waals surface area contributed by atoms with Crippen LogP contribution < -0.4 is 14.9 Å². The number of ketones is 1. The number of nitrogens with one attached hydrogen (secondary N) is 1. The SMILES string of the molecule is COc1c(Oc2cc(C(F)(F)F)c(F)cc2-c2cc(=O)c3c(C(C)=O)nccc3[nH]2)ccc(F)c1F.